The molecule has 7 nitrogen and oxygen atoms in total. The molecule has 7 heteroatoms. The minimum Gasteiger partial charge on any atom is -0.480 e. The number of aromatic amines is 1. The van der Waals surface area contributed by atoms with E-state index in [1.807, 2.05) is 0 Å². The van der Waals surface area contributed by atoms with Crippen LogP contribution in [0.1, 0.15) is 12.6 Å². The normalized spacial score (nSPS) is 14.0. The molecule has 94 valence electrons. The van der Waals surface area contributed by atoms with Gasteiger partial charge in [0.15, 0.2) is 0 Å². The van der Waals surface area contributed by atoms with Crippen molar-refractivity contribution in [3.05, 3.63) is 18.2 Å². The molecule has 0 aromatic carbocycles. The number of hydrogen-bond acceptors (Lipinski definition) is 4. The van der Waals surface area contributed by atoms with E-state index in [1.165, 1.54) is 19.6 Å². The molecule has 0 fully saturated rings. The molecule has 0 bridgehead atoms. The average molecular weight is 241 g/mol. The Balaban J connectivity index is 2.61. The third kappa shape index (κ3) is 3.87. The van der Waals surface area contributed by atoms with Crippen molar-refractivity contribution in [2.45, 2.75) is 25.5 Å². The third-order valence-electron chi connectivity index (χ3n) is 2.32. The van der Waals surface area contributed by atoms with Crippen LogP contribution in [0, 0.1) is 0 Å². The second kappa shape index (κ2) is 6.00. The third-order valence-corrected chi connectivity index (χ3v) is 2.32. The number of aromatic nitrogens is 2. The number of methoxy groups -OCH3 is 1. The molecule has 1 aromatic rings. The second-order valence-electron chi connectivity index (χ2n) is 3.56. The van der Waals surface area contributed by atoms with Crippen LogP contribution in [0.4, 0.5) is 0 Å². The highest BCUT2D eigenvalue weighted by Crippen LogP contribution is 2.00. The van der Waals surface area contributed by atoms with E-state index < -0.39 is 24.0 Å². The van der Waals surface area contributed by atoms with E-state index in [2.05, 4.69) is 15.3 Å². The summed E-state index contributed by atoms with van der Waals surface area (Å²) in [7, 11) is 1.38. The Morgan fingerprint density at radius 1 is 1.65 bits per heavy atom. The summed E-state index contributed by atoms with van der Waals surface area (Å²) in [5, 5.41) is 11.4. The van der Waals surface area contributed by atoms with E-state index in [4.69, 9.17) is 9.84 Å². The fourth-order valence-corrected chi connectivity index (χ4v) is 1.21. The summed E-state index contributed by atoms with van der Waals surface area (Å²) in [6.45, 7) is 1.55. The molecule has 0 aliphatic rings. The molecule has 3 N–H and O–H groups in total. The lowest BCUT2D eigenvalue weighted by Crippen LogP contribution is -2.46. The zero-order valence-electron chi connectivity index (χ0n) is 9.64. The van der Waals surface area contributed by atoms with Crippen LogP contribution in [-0.4, -0.2) is 46.2 Å². The monoisotopic (exact) mass is 241 g/mol. The summed E-state index contributed by atoms with van der Waals surface area (Å²) in [5.74, 6) is -1.56. The molecule has 1 rings (SSSR count). The SMILES string of the molecule is COC(C)C(=O)N[C@H](Cc1cnc[nH]1)C(=O)O. The summed E-state index contributed by atoms with van der Waals surface area (Å²) in [5.41, 5.74) is 0.641. The van der Waals surface area contributed by atoms with Crippen LogP contribution < -0.4 is 5.32 Å². The molecule has 0 aliphatic heterocycles. The smallest absolute Gasteiger partial charge is 0.326 e. The zero-order valence-corrected chi connectivity index (χ0v) is 9.64. The van der Waals surface area contributed by atoms with Crippen LogP contribution >= 0.6 is 0 Å². The molecule has 1 heterocycles. The summed E-state index contributed by atoms with van der Waals surface area (Å²) < 4.78 is 4.80. The first-order valence-corrected chi connectivity index (χ1v) is 5.07. The van der Waals surface area contributed by atoms with Gasteiger partial charge in [-0.05, 0) is 6.92 Å². The van der Waals surface area contributed by atoms with Crippen molar-refractivity contribution in [3.8, 4) is 0 Å². The molecule has 2 atom stereocenters. The minimum atomic E-state index is -1.10. The maximum Gasteiger partial charge on any atom is 0.326 e. The molecule has 1 aromatic heterocycles. The number of H-pyrrole nitrogens is 1. The van der Waals surface area contributed by atoms with Crippen LogP contribution in [0.5, 0.6) is 0 Å². The van der Waals surface area contributed by atoms with Gasteiger partial charge in [0.05, 0.1) is 6.33 Å². The standard InChI is InChI=1S/C10H15N3O4/c1-6(17-2)9(14)13-8(10(15)16)3-7-4-11-5-12-7/h4-6,8H,3H2,1-2H3,(H,11,12)(H,13,14)(H,15,16)/t6?,8-/m1/s1. The van der Waals surface area contributed by atoms with Gasteiger partial charge in [0.25, 0.3) is 0 Å². The molecule has 0 saturated heterocycles. The molecular weight excluding hydrogens is 226 g/mol. The highest BCUT2D eigenvalue weighted by Gasteiger charge is 2.23. The van der Waals surface area contributed by atoms with Gasteiger partial charge >= 0.3 is 5.97 Å². The number of nitrogens with one attached hydrogen (secondary N) is 2. The highest BCUT2D eigenvalue weighted by atomic mass is 16.5. The summed E-state index contributed by atoms with van der Waals surface area (Å²) in [6, 6.07) is -0.999. The predicted octanol–water partition coefficient (Wildman–Crippen LogP) is -0.444. The van der Waals surface area contributed by atoms with Crippen LogP contribution in [-0.2, 0) is 20.7 Å². The van der Waals surface area contributed by atoms with Crippen molar-refractivity contribution in [2.24, 2.45) is 0 Å². The minimum absolute atomic E-state index is 0.150. The van der Waals surface area contributed by atoms with Gasteiger partial charge in [0, 0.05) is 25.4 Å². The maximum absolute atomic E-state index is 11.5. The Kier molecular flexibility index (Phi) is 4.65. The van der Waals surface area contributed by atoms with Crippen molar-refractivity contribution in [2.75, 3.05) is 7.11 Å². The lowest BCUT2D eigenvalue weighted by Gasteiger charge is -2.16. The lowest BCUT2D eigenvalue weighted by atomic mass is 10.1. The van der Waals surface area contributed by atoms with Crippen LogP contribution in [0.15, 0.2) is 12.5 Å². The van der Waals surface area contributed by atoms with Crippen molar-refractivity contribution in [1.82, 2.24) is 15.3 Å². The molecule has 0 aliphatic carbocycles. The van der Waals surface area contributed by atoms with Gasteiger partial charge in [-0.2, -0.15) is 0 Å². The van der Waals surface area contributed by atoms with Gasteiger partial charge in [-0.1, -0.05) is 0 Å². The van der Waals surface area contributed by atoms with Gasteiger partial charge < -0.3 is 20.1 Å². The number of hydrogen-bond donors (Lipinski definition) is 3. The topological polar surface area (TPSA) is 104 Å². The number of rotatable bonds is 6. The Morgan fingerprint density at radius 3 is 2.82 bits per heavy atom. The summed E-state index contributed by atoms with van der Waals surface area (Å²) in [4.78, 5) is 29.0. The molecule has 0 saturated carbocycles. The van der Waals surface area contributed by atoms with Crippen molar-refractivity contribution >= 4 is 11.9 Å². The first-order valence-electron chi connectivity index (χ1n) is 5.07. The van der Waals surface area contributed by atoms with E-state index in [9.17, 15) is 9.59 Å². The highest BCUT2D eigenvalue weighted by molar-refractivity contribution is 5.86. The second-order valence-corrected chi connectivity index (χ2v) is 3.56. The summed E-state index contributed by atoms with van der Waals surface area (Å²) in [6.07, 6.45) is 2.44. The number of ether oxygens (including phenoxy) is 1. The molecule has 0 radical (unpaired) electrons. The molecule has 17 heavy (non-hydrogen) atoms. The fraction of sp³-hybridized carbons (Fsp3) is 0.500. The van der Waals surface area contributed by atoms with E-state index in [1.54, 1.807) is 6.92 Å². The Hall–Kier alpha value is -1.89. The van der Waals surface area contributed by atoms with Crippen LogP contribution in [0.25, 0.3) is 0 Å². The Labute approximate surface area is 98.2 Å². The zero-order chi connectivity index (χ0) is 12.8. The van der Waals surface area contributed by atoms with Gasteiger partial charge in [-0.25, -0.2) is 9.78 Å². The van der Waals surface area contributed by atoms with E-state index in [0.717, 1.165) is 0 Å². The number of imidazole rings is 1. The van der Waals surface area contributed by atoms with E-state index >= 15 is 0 Å². The molecule has 1 unspecified atom stereocenters. The maximum atomic E-state index is 11.5. The number of aliphatic carboxylic acids is 1. The van der Waals surface area contributed by atoms with E-state index in [0.29, 0.717) is 5.69 Å². The number of amides is 1. The Morgan fingerprint density at radius 2 is 2.35 bits per heavy atom. The number of carbonyl (C=O) groups is 2. The number of carbonyl (C=O) groups excluding carboxylic acids is 1. The first-order chi connectivity index (χ1) is 8.04. The largest absolute Gasteiger partial charge is 0.480 e. The fourth-order valence-electron chi connectivity index (χ4n) is 1.21. The summed E-state index contributed by atoms with van der Waals surface area (Å²) >= 11 is 0. The van der Waals surface area contributed by atoms with Crippen molar-refractivity contribution < 1.29 is 19.4 Å². The van der Waals surface area contributed by atoms with Gasteiger partial charge in [0.1, 0.15) is 12.1 Å². The van der Waals surface area contributed by atoms with Gasteiger partial charge in [-0.3, -0.25) is 4.79 Å². The first kappa shape index (κ1) is 13.2. The van der Waals surface area contributed by atoms with Gasteiger partial charge in [0.2, 0.25) is 5.91 Å². The lowest BCUT2D eigenvalue weighted by molar-refractivity contribution is -0.143. The number of carboxylic acids is 1. The van der Waals surface area contributed by atoms with E-state index in [-0.39, 0.29) is 6.42 Å². The van der Waals surface area contributed by atoms with Crippen LogP contribution in [0.3, 0.4) is 0 Å². The molecule has 1 amide bonds. The average Bonchev–Trinajstić information content (AvgIpc) is 2.79. The molecule has 0 spiro atoms. The van der Waals surface area contributed by atoms with Crippen molar-refractivity contribution in [1.29, 1.82) is 0 Å². The molecular formula is C10H15N3O4. The van der Waals surface area contributed by atoms with Crippen molar-refractivity contribution in [3.63, 3.8) is 0 Å². The number of nitrogens with zero attached hydrogens (tertiary/aromatic N) is 1. The van der Waals surface area contributed by atoms with Gasteiger partial charge in [-0.15, -0.1) is 0 Å². The number of carboxylic acid groups (broad SMARTS) is 1. The predicted molar refractivity (Wildman–Crippen MR) is 58.3 cm³/mol. The Bertz CT molecular complexity index is 377. The van der Waals surface area contributed by atoms with Crippen LogP contribution in [0.2, 0.25) is 0 Å². The quantitative estimate of drug-likeness (QED) is 0.626.